The van der Waals surface area contributed by atoms with Crippen LogP contribution in [0.4, 0.5) is 0 Å². The van der Waals surface area contributed by atoms with Gasteiger partial charge in [-0.25, -0.2) is 0 Å². The second-order valence-corrected chi connectivity index (χ2v) is 4.41. The Labute approximate surface area is 94.2 Å². The third-order valence-electron chi connectivity index (χ3n) is 1.64. The number of halogens is 2. The molecule has 0 saturated heterocycles. The lowest BCUT2D eigenvalue weighted by molar-refractivity contribution is 0.0639. The molecule has 0 aliphatic heterocycles. The molecular formula is C9H10Br2O2. The second-order valence-electron chi connectivity index (χ2n) is 2.64. The highest BCUT2D eigenvalue weighted by Gasteiger charge is 2.10. The number of aliphatic hydroxyl groups is 1. The maximum absolute atomic E-state index is 9.65. The Hall–Kier alpha value is 0.1000. The van der Waals surface area contributed by atoms with Crippen LogP contribution in [0.1, 0.15) is 11.7 Å². The summed E-state index contributed by atoms with van der Waals surface area (Å²) < 4.78 is 6.70. The van der Waals surface area contributed by atoms with Crippen molar-refractivity contribution in [3.8, 4) is 0 Å². The van der Waals surface area contributed by atoms with Gasteiger partial charge in [0.25, 0.3) is 0 Å². The molecule has 0 radical (unpaired) electrons. The molecule has 0 aliphatic carbocycles. The molecule has 0 fully saturated rings. The van der Waals surface area contributed by atoms with Gasteiger partial charge in [0.2, 0.25) is 0 Å². The zero-order valence-electron chi connectivity index (χ0n) is 7.13. The Kier molecular flexibility index (Phi) is 4.38. The Morgan fingerprint density at radius 3 is 2.77 bits per heavy atom. The molecule has 0 heterocycles. The van der Waals surface area contributed by atoms with Crippen LogP contribution in [-0.2, 0) is 4.74 Å². The fourth-order valence-electron chi connectivity index (χ4n) is 1.02. The van der Waals surface area contributed by atoms with Gasteiger partial charge >= 0.3 is 0 Å². The lowest BCUT2D eigenvalue weighted by Crippen LogP contribution is -2.05. The number of ether oxygens (including phenoxy) is 1. The van der Waals surface area contributed by atoms with Crippen LogP contribution >= 0.6 is 31.9 Å². The van der Waals surface area contributed by atoms with Crippen LogP contribution in [-0.4, -0.2) is 18.8 Å². The van der Waals surface area contributed by atoms with Gasteiger partial charge in [-0.15, -0.1) is 0 Å². The Morgan fingerprint density at radius 1 is 1.46 bits per heavy atom. The summed E-state index contributed by atoms with van der Waals surface area (Å²) in [6.07, 6.45) is -0.586. The molecule has 2 nitrogen and oxygen atoms in total. The molecule has 1 N–H and O–H groups in total. The fourth-order valence-corrected chi connectivity index (χ4v) is 1.91. The summed E-state index contributed by atoms with van der Waals surface area (Å²) >= 11 is 6.71. The molecule has 1 aromatic rings. The van der Waals surface area contributed by atoms with E-state index in [-0.39, 0.29) is 0 Å². The molecule has 0 spiro atoms. The Morgan fingerprint density at radius 2 is 2.15 bits per heavy atom. The molecule has 0 saturated carbocycles. The van der Waals surface area contributed by atoms with E-state index in [1.807, 2.05) is 18.2 Å². The largest absolute Gasteiger partial charge is 0.386 e. The van der Waals surface area contributed by atoms with E-state index >= 15 is 0 Å². The van der Waals surface area contributed by atoms with Gasteiger partial charge in [0, 0.05) is 16.1 Å². The van der Waals surface area contributed by atoms with E-state index < -0.39 is 6.10 Å². The summed E-state index contributed by atoms with van der Waals surface area (Å²) in [6.45, 7) is 0.301. The second kappa shape index (κ2) is 5.10. The van der Waals surface area contributed by atoms with E-state index in [9.17, 15) is 5.11 Å². The van der Waals surface area contributed by atoms with Crippen LogP contribution in [0.3, 0.4) is 0 Å². The van der Waals surface area contributed by atoms with E-state index in [1.54, 1.807) is 7.11 Å². The zero-order chi connectivity index (χ0) is 9.84. The molecule has 0 bridgehead atoms. The minimum absolute atomic E-state index is 0.301. The van der Waals surface area contributed by atoms with Crippen molar-refractivity contribution in [1.82, 2.24) is 0 Å². The van der Waals surface area contributed by atoms with Crippen LogP contribution < -0.4 is 0 Å². The van der Waals surface area contributed by atoms with Crippen molar-refractivity contribution in [1.29, 1.82) is 0 Å². The monoisotopic (exact) mass is 308 g/mol. The van der Waals surface area contributed by atoms with Crippen molar-refractivity contribution in [2.75, 3.05) is 13.7 Å². The van der Waals surface area contributed by atoms with E-state index in [0.717, 1.165) is 14.5 Å². The molecule has 13 heavy (non-hydrogen) atoms. The van der Waals surface area contributed by atoms with Crippen molar-refractivity contribution in [3.63, 3.8) is 0 Å². The lowest BCUT2D eigenvalue weighted by atomic mass is 10.1. The molecule has 0 aromatic heterocycles. The smallest absolute Gasteiger partial charge is 0.103 e. The highest BCUT2D eigenvalue weighted by molar-refractivity contribution is 9.11. The number of benzene rings is 1. The molecule has 1 atom stereocenters. The molecule has 4 heteroatoms. The van der Waals surface area contributed by atoms with Gasteiger partial charge in [0.1, 0.15) is 6.10 Å². The number of aliphatic hydroxyl groups excluding tert-OH is 1. The summed E-state index contributed by atoms with van der Waals surface area (Å²) in [4.78, 5) is 0. The first kappa shape index (κ1) is 11.2. The molecule has 0 aliphatic rings. The molecular weight excluding hydrogens is 300 g/mol. The molecule has 1 aromatic carbocycles. The van der Waals surface area contributed by atoms with Crippen LogP contribution in [0.25, 0.3) is 0 Å². The van der Waals surface area contributed by atoms with Crippen molar-refractivity contribution >= 4 is 31.9 Å². The number of rotatable bonds is 3. The third-order valence-corrected chi connectivity index (χ3v) is 2.86. The Balaban J connectivity index is 2.91. The predicted octanol–water partition coefficient (Wildman–Crippen LogP) is 2.89. The van der Waals surface area contributed by atoms with E-state index in [0.29, 0.717) is 6.61 Å². The molecule has 1 rings (SSSR count). The Bertz CT molecular complexity index is 289. The summed E-state index contributed by atoms with van der Waals surface area (Å²) in [5, 5.41) is 9.65. The van der Waals surface area contributed by atoms with Gasteiger partial charge in [-0.1, -0.05) is 31.9 Å². The van der Waals surface area contributed by atoms with Crippen molar-refractivity contribution in [3.05, 3.63) is 32.7 Å². The van der Waals surface area contributed by atoms with Crippen molar-refractivity contribution in [2.24, 2.45) is 0 Å². The van der Waals surface area contributed by atoms with Crippen molar-refractivity contribution < 1.29 is 9.84 Å². The van der Waals surface area contributed by atoms with E-state index in [2.05, 4.69) is 31.9 Å². The van der Waals surface area contributed by atoms with Gasteiger partial charge in [-0.05, 0) is 23.8 Å². The predicted molar refractivity (Wildman–Crippen MR) is 58.7 cm³/mol. The normalized spacial score (nSPS) is 12.9. The first-order chi connectivity index (χ1) is 6.15. The zero-order valence-corrected chi connectivity index (χ0v) is 10.3. The number of methoxy groups -OCH3 is 1. The summed E-state index contributed by atoms with van der Waals surface area (Å²) in [5.74, 6) is 0. The number of hydrogen-bond donors (Lipinski definition) is 1. The summed E-state index contributed by atoms with van der Waals surface area (Å²) in [7, 11) is 1.56. The first-order valence-corrected chi connectivity index (χ1v) is 5.35. The van der Waals surface area contributed by atoms with Crippen molar-refractivity contribution in [2.45, 2.75) is 6.10 Å². The summed E-state index contributed by atoms with van der Waals surface area (Å²) in [5.41, 5.74) is 0.830. The standard InChI is InChI=1S/C9H10Br2O2/c1-13-5-9(12)7-4-6(10)2-3-8(7)11/h2-4,9,12H,5H2,1H3. The number of hydrogen-bond acceptors (Lipinski definition) is 2. The van der Waals surface area contributed by atoms with Gasteiger partial charge in [-0.2, -0.15) is 0 Å². The molecule has 0 amide bonds. The minimum atomic E-state index is -0.586. The first-order valence-electron chi connectivity index (χ1n) is 3.77. The average Bonchev–Trinajstić information content (AvgIpc) is 2.09. The van der Waals surface area contributed by atoms with Crippen LogP contribution in [0.15, 0.2) is 27.1 Å². The SMILES string of the molecule is COCC(O)c1cc(Br)ccc1Br. The summed E-state index contributed by atoms with van der Waals surface area (Å²) in [6, 6.07) is 5.67. The maximum atomic E-state index is 9.65. The van der Waals surface area contributed by atoms with Crippen LogP contribution in [0, 0.1) is 0 Å². The third kappa shape index (κ3) is 3.06. The van der Waals surface area contributed by atoms with Gasteiger partial charge in [0.05, 0.1) is 6.61 Å². The van der Waals surface area contributed by atoms with Crippen LogP contribution in [0.5, 0.6) is 0 Å². The van der Waals surface area contributed by atoms with Gasteiger partial charge < -0.3 is 9.84 Å². The van der Waals surface area contributed by atoms with E-state index in [1.165, 1.54) is 0 Å². The average molecular weight is 310 g/mol. The maximum Gasteiger partial charge on any atom is 0.103 e. The van der Waals surface area contributed by atoms with Gasteiger partial charge in [-0.3, -0.25) is 0 Å². The highest BCUT2D eigenvalue weighted by Crippen LogP contribution is 2.26. The highest BCUT2D eigenvalue weighted by atomic mass is 79.9. The lowest BCUT2D eigenvalue weighted by Gasteiger charge is -2.11. The quantitative estimate of drug-likeness (QED) is 0.930. The van der Waals surface area contributed by atoms with Crippen LogP contribution in [0.2, 0.25) is 0 Å². The van der Waals surface area contributed by atoms with E-state index in [4.69, 9.17) is 4.74 Å². The molecule has 72 valence electrons. The van der Waals surface area contributed by atoms with Gasteiger partial charge in [0.15, 0.2) is 0 Å². The molecule has 1 unspecified atom stereocenters. The topological polar surface area (TPSA) is 29.5 Å². The minimum Gasteiger partial charge on any atom is -0.386 e. The fraction of sp³-hybridized carbons (Fsp3) is 0.333.